The van der Waals surface area contributed by atoms with Gasteiger partial charge in [-0.25, -0.2) is 4.79 Å². The number of carbonyl (C=O) groups excluding carboxylic acids is 1. The highest BCUT2D eigenvalue weighted by molar-refractivity contribution is 6.31. The number of anilines is 1. The number of nitrogens with two attached hydrogens (primary N) is 1. The van der Waals surface area contributed by atoms with Gasteiger partial charge in [-0.15, -0.1) is 0 Å². The average Bonchev–Trinajstić information content (AvgIpc) is 2.41. The molecule has 20 heavy (non-hydrogen) atoms. The molecule has 1 heterocycles. The van der Waals surface area contributed by atoms with Gasteiger partial charge >= 0.3 is 5.97 Å². The molecule has 104 valence electrons. The molecule has 0 aliphatic carbocycles. The van der Waals surface area contributed by atoms with Gasteiger partial charge in [-0.1, -0.05) is 17.7 Å². The lowest BCUT2D eigenvalue weighted by Gasteiger charge is -2.10. The zero-order chi connectivity index (χ0) is 14.7. The maximum atomic E-state index is 12.1. The van der Waals surface area contributed by atoms with Gasteiger partial charge in [0.15, 0.2) is 0 Å². The highest BCUT2D eigenvalue weighted by Gasteiger charge is 2.13. The fourth-order valence-corrected chi connectivity index (χ4v) is 2.00. The third-order valence-corrected chi connectivity index (χ3v) is 3.39. The van der Waals surface area contributed by atoms with Crippen LogP contribution in [0.25, 0.3) is 0 Å². The summed E-state index contributed by atoms with van der Waals surface area (Å²) in [5.41, 5.74) is 9.36. The Kier molecular flexibility index (Phi) is 4.25. The molecule has 0 fully saturated rings. The van der Waals surface area contributed by atoms with Gasteiger partial charge in [0.25, 0.3) is 0 Å². The number of aromatic nitrogens is 1. The summed E-state index contributed by atoms with van der Waals surface area (Å²) < 4.78 is 5.26. The van der Waals surface area contributed by atoms with Crippen LogP contribution in [0.2, 0.25) is 5.02 Å². The van der Waals surface area contributed by atoms with Crippen molar-refractivity contribution in [1.82, 2.24) is 4.98 Å². The van der Waals surface area contributed by atoms with Gasteiger partial charge in [-0.2, -0.15) is 0 Å². The number of ether oxygens (including phenoxy) is 1. The lowest BCUT2D eigenvalue weighted by molar-refractivity contribution is 0.0472. The largest absolute Gasteiger partial charge is 0.457 e. The molecule has 1 aromatic heterocycles. The summed E-state index contributed by atoms with van der Waals surface area (Å²) >= 11 is 5.96. The van der Waals surface area contributed by atoms with Crippen LogP contribution in [0.4, 0.5) is 5.69 Å². The molecule has 0 bridgehead atoms. The van der Waals surface area contributed by atoms with Gasteiger partial charge in [0, 0.05) is 23.6 Å². The van der Waals surface area contributed by atoms with Crippen LogP contribution in [0.3, 0.4) is 0 Å². The van der Waals surface area contributed by atoms with Crippen LogP contribution >= 0.6 is 11.6 Å². The number of rotatable bonds is 3. The Morgan fingerprint density at radius 1 is 1.35 bits per heavy atom. The molecule has 0 atom stereocenters. The normalized spacial score (nSPS) is 10.3. The highest BCUT2D eigenvalue weighted by atomic mass is 35.5. The number of carbonyl (C=O) groups is 1. The van der Waals surface area contributed by atoms with Crippen molar-refractivity contribution in [2.75, 3.05) is 5.73 Å². The molecule has 0 unspecified atom stereocenters. The Labute approximate surface area is 122 Å². The van der Waals surface area contributed by atoms with Crippen LogP contribution in [0.5, 0.6) is 0 Å². The van der Waals surface area contributed by atoms with E-state index in [9.17, 15) is 4.79 Å². The summed E-state index contributed by atoms with van der Waals surface area (Å²) in [7, 11) is 0. The van der Waals surface area contributed by atoms with Gasteiger partial charge < -0.3 is 10.5 Å². The molecule has 0 aliphatic heterocycles. The molecule has 5 heteroatoms. The van der Waals surface area contributed by atoms with Crippen LogP contribution in [0.1, 0.15) is 27.0 Å². The maximum absolute atomic E-state index is 12.1. The topological polar surface area (TPSA) is 65.2 Å². The number of esters is 1. The number of hydrogen-bond acceptors (Lipinski definition) is 4. The van der Waals surface area contributed by atoms with E-state index in [1.165, 1.54) is 6.20 Å². The minimum Gasteiger partial charge on any atom is -0.457 e. The SMILES string of the molecule is Cc1cc(C)c(C(=O)OCc2ccncc2Cl)cc1N. The van der Waals surface area contributed by atoms with Crippen molar-refractivity contribution in [2.45, 2.75) is 20.5 Å². The van der Waals surface area contributed by atoms with E-state index in [1.54, 1.807) is 18.3 Å². The van der Waals surface area contributed by atoms with Crippen molar-refractivity contribution in [1.29, 1.82) is 0 Å². The van der Waals surface area contributed by atoms with Crippen molar-refractivity contribution < 1.29 is 9.53 Å². The van der Waals surface area contributed by atoms with Gasteiger partial charge in [0.1, 0.15) is 6.61 Å². The predicted octanol–water partition coefficient (Wildman–Crippen LogP) is 3.29. The van der Waals surface area contributed by atoms with Crippen LogP contribution < -0.4 is 5.73 Å². The molecule has 2 aromatic rings. The lowest BCUT2D eigenvalue weighted by atomic mass is 10.0. The van der Waals surface area contributed by atoms with Gasteiger partial charge in [-0.05, 0) is 37.1 Å². The first-order valence-corrected chi connectivity index (χ1v) is 6.49. The Bertz CT molecular complexity index is 656. The van der Waals surface area contributed by atoms with E-state index in [2.05, 4.69) is 4.98 Å². The van der Waals surface area contributed by atoms with Crippen LogP contribution in [-0.4, -0.2) is 11.0 Å². The van der Waals surface area contributed by atoms with Crippen molar-refractivity contribution in [3.05, 3.63) is 57.9 Å². The van der Waals surface area contributed by atoms with E-state index < -0.39 is 5.97 Å². The molecule has 0 aliphatic rings. The summed E-state index contributed by atoms with van der Waals surface area (Å²) in [6, 6.07) is 5.22. The molecule has 0 amide bonds. The number of nitrogen functional groups attached to an aromatic ring is 1. The minimum atomic E-state index is -0.415. The Morgan fingerprint density at radius 3 is 2.80 bits per heavy atom. The Hall–Kier alpha value is -2.07. The number of benzene rings is 1. The monoisotopic (exact) mass is 290 g/mol. The molecule has 4 nitrogen and oxygen atoms in total. The second-order valence-electron chi connectivity index (χ2n) is 4.57. The number of aryl methyl sites for hydroxylation is 2. The van der Waals surface area contributed by atoms with E-state index in [0.717, 1.165) is 11.1 Å². The summed E-state index contributed by atoms with van der Waals surface area (Å²) in [5.74, 6) is -0.415. The van der Waals surface area contributed by atoms with E-state index in [-0.39, 0.29) is 6.61 Å². The van der Waals surface area contributed by atoms with E-state index in [1.807, 2.05) is 19.9 Å². The first kappa shape index (κ1) is 14.3. The quantitative estimate of drug-likeness (QED) is 0.696. The molecule has 2 N–H and O–H groups in total. The summed E-state index contributed by atoms with van der Waals surface area (Å²) in [4.78, 5) is 16.0. The number of pyridine rings is 1. The Morgan fingerprint density at radius 2 is 2.10 bits per heavy atom. The fraction of sp³-hybridized carbons (Fsp3) is 0.200. The maximum Gasteiger partial charge on any atom is 0.338 e. The van der Waals surface area contributed by atoms with Crippen LogP contribution in [0.15, 0.2) is 30.6 Å². The molecular formula is C15H15ClN2O2. The van der Waals surface area contributed by atoms with Crippen molar-refractivity contribution in [3.63, 3.8) is 0 Å². The molecule has 1 aromatic carbocycles. The van der Waals surface area contributed by atoms with Gasteiger partial charge in [0.2, 0.25) is 0 Å². The van der Waals surface area contributed by atoms with Gasteiger partial charge in [0.05, 0.1) is 10.6 Å². The van der Waals surface area contributed by atoms with Crippen LogP contribution in [-0.2, 0) is 11.3 Å². The third-order valence-electron chi connectivity index (χ3n) is 3.05. The molecule has 0 radical (unpaired) electrons. The second kappa shape index (κ2) is 5.92. The zero-order valence-electron chi connectivity index (χ0n) is 11.3. The van der Waals surface area contributed by atoms with Crippen molar-refractivity contribution in [2.24, 2.45) is 0 Å². The first-order valence-electron chi connectivity index (χ1n) is 6.11. The summed E-state index contributed by atoms with van der Waals surface area (Å²) in [5, 5.41) is 0.473. The lowest BCUT2D eigenvalue weighted by Crippen LogP contribution is -2.09. The second-order valence-corrected chi connectivity index (χ2v) is 4.97. The molecule has 0 spiro atoms. The van der Waals surface area contributed by atoms with Crippen molar-refractivity contribution >= 4 is 23.3 Å². The smallest absolute Gasteiger partial charge is 0.338 e. The number of nitrogens with zero attached hydrogens (tertiary/aromatic N) is 1. The van der Waals surface area contributed by atoms with Gasteiger partial charge in [-0.3, -0.25) is 4.98 Å². The summed E-state index contributed by atoms with van der Waals surface area (Å²) in [6.45, 7) is 3.85. The Balaban J connectivity index is 2.13. The molecule has 2 rings (SSSR count). The fourth-order valence-electron chi connectivity index (χ4n) is 1.83. The standard InChI is InChI=1S/C15H15ClN2O2/c1-9-5-10(2)14(17)6-12(9)15(19)20-8-11-3-4-18-7-13(11)16/h3-7H,8,17H2,1-2H3. The number of hydrogen-bond donors (Lipinski definition) is 1. The van der Waals surface area contributed by atoms with E-state index >= 15 is 0 Å². The summed E-state index contributed by atoms with van der Waals surface area (Å²) in [6.07, 6.45) is 3.12. The first-order chi connectivity index (χ1) is 9.49. The van der Waals surface area contributed by atoms with E-state index in [4.69, 9.17) is 22.1 Å². The predicted molar refractivity (Wildman–Crippen MR) is 78.7 cm³/mol. The number of halogens is 1. The van der Waals surface area contributed by atoms with E-state index in [0.29, 0.717) is 21.8 Å². The average molecular weight is 291 g/mol. The van der Waals surface area contributed by atoms with Crippen LogP contribution in [0, 0.1) is 13.8 Å². The molecule has 0 saturated heterocycles. The third kappa shape index (κ3) is 3.08. The highest BCUT2D eigenvalue weighted by Crippen LogP contribution is 2.20. The van der Waals surface area contributed by atoms with Crippen molar-refractivity contribution in [3.8, 4) is 0 Å². The molecular weight excluding hydrogens is 276 g/mol. The molecule has 0 saturated carbocycles. The minimum absolute atomic E-state index is 0.105. The zero-order valence-corrected chi connectivity index (χ0v) is 12.1.